The molecule has 0 unspecified atom stereocenters. The molecule has 0 saturated heterocycles. The summed E-state index contributed by atoms with van der Waals surface area (Å²) in [5.41, 5.74) is 0.399. The predicted octanol–water partition coefficient (Wildman–Crippen LogP) is 2.32. The highest BCUT2D eigenvalue weighted by atomic mass is 32.1. The average molecular weight is 386 g/mol. The van der Waals surface area contributed by atoms with Crippen LogP contribution in [0, 0.1) is 5.92 Å². The van der Waals surface area contributed by atoms with E-state index in [0.29, 0.717) is 50.9 Å². The minimum Gasteiger partial charge on any atom is -0.385 e. The maximum Gasteiger partial charge on any atom is 0.270 e. The Kier molecular flexibility index (Phi) is 11.1. The van der Waals surface area contributed by atoms with E-state index in [2.05, 4.69) is 10.3 Å². The molecular formula is C18H31N3O4S. The lowest BCUT2D eigenvalue weighted by Crippen LogP contribution is -2.33. The molecule has 1 aromatic heterocycles. The molecule has 0 aliphatic rings. The molecule has 0 fully saturated rings. The van der Waals surface area contributed by atoms with Gasteiger partial charge in [-0.15, -0.1) is 11.3 Å². The summed E-state index contributed by atoms with van der Waals surface area (Å²) in [5.74, 6) is 0.220. The van der Waals surface area contributed by atoms with E-state index < -0.39 is 0 Å². The van der Waals surface area contributed by atoms with E-state index in [0.717, 1.165) is 17.8 Å². The lowest BCUT2D eigenvalue weighted by atomic mass is 10.1. The quantitative estimate of drug-likeness (QED) is 0.527. The Hall–Kier alpha value is -1.51. The van der Waals surface area contributed by atoms with Crippen molar-refractivity contribution in [3.05, 3.63) is 16.1 Å². The first-order valence-corrected chi connectivity index (χ1v) is 9.84. The minimum absolute atomic E-state index is 0.108. The van der Waals surface area contributed by atoms with Crippen molar-refractivity contribution in [2.75, 3.05) is 40.5 Å². The summed E-state index contributed by atoms with van der Waals surface area (Å²) < 4.78 is 10.0. The fourth-order valence-electron chi connectivity index (χ4n) is 2.33. The highest BCUT2D eigenvalue weighted by molar-refractivity contribution is 7.09. The van der Waals surface area contributed by atoms with Gasteiger partial charge in [-0.25, -0.2) is 4.98 Å². The molecule has 148 valence electrons. The normalized spacial score (nSPS) is 11.0. The number of hydrogen-bond acceptors (Lipinski definition) is 6. The van der Waals surface area contributed by atoms with E-state index in [4.69, 9.17) is 9.47 Å². The number of rotatable bonds is 13. The number of carbonyl (C=O) groups is 2. The summed E-state index contributed by atoms with van der Waals surface area (Å²) in [6.45, 7) is 6.88. The predicted molar refractivity (Wildman–Crippen MR) is 102 cm³/mol. The fraction of sp³-hybridized carbons (Fsp3) is 0.722. The van der Waals surface area contributed by atoms with Gasteiger partial charge in [0, 0.05) is 52.3 Å². The molecule has 1 aromatic rings. The van der Waals surface area contributed by atoms with Crippen LogP contribution in [0.4, 0.5) is 0 Å². The largest absolute Gasteiger partial charge is 0.385 e. The van der Waals surface area contributed by atoms with Gasteiger partial charge in [0.25, 0.3) is 5.91 Å². The van der Waals surface area contributed by atoms with Crippen molar-refractivity contribution in [3.63, 3.8) is 0 Å². The molecule has 1 N–H and O–H groups in total. The van der Waals surface area contributed by atoms with Gasteiger partial charge >= 0.3 is 0 Å². The number of hydrogen-bond donors (Lipinski definition) is 1. The van der Waals surface area contributed by atoms with E-state index in [1.165, 1.54) is 11.3 Å². The van der Waals surface area contributed by atoms with Crippen LogP contribution in [0.1, 0.15) is 48.6 Å². The van der Waals surface area contributed by atoms with Crippen molar-refractivity contribution in [2.45, 2.75) is 39.7 Å². The van der Waals surface area contributed by atoms with Gasteiger partial charge in [-0.2, -0.15) is 0 Å². The second-order valence-electron chi connectivity index (χ2n) is 6.49. The summed E-state index contributed by atoms with van der Waals surface area (Å²) in [6, 6.07) is 0. The Labute approximate surface area is 160 Å². The van der Waals surface area contributed by atoms with Crippen LogP contribution >= 0.6 is 11.3 Å². The number of nitrogens with zero attached hydrogens (tertiary/aromatic N) is 2. The highest BCUT2D eigenvalue weighted by Gasteiger charge is 2.18. The van der Waals surface area contributed by atoms with Crippen molar-refractivity contribution in [1.29, 1.82) is 0 Å². The third kappa shape index (κ3) is 8.73. The fourth-order valence-corrected chi connectivity index (χ4v) is 3.12. The first-order valence-electron chi connectivity index (χ1n) is 8.96. The van der Waals surface area contributed by atoms with Crippen molar-refractivity contribution in [2.24, 2.45) is 5.92 Å². The van der Waals surface area contributed by atoms with Gasteiger partial charge in [0.15, 0.2) is 0 Å². The number of aromatic nitrogens is 1. The lowest BCUT2D eigenvalue weighted by Gasteiger charge is -2.22. The number of thiazole rings is 1. The summed E-state index contributed by atoms with van der Waals surface area (Å²) in [6.07, 6.45) is 2.04. The Balaban J connectivity index is 2.62. The van der Waals surface area contributed by atoms with Gasteiger partial charge in [0.2, 0.25) is 5.91 Å². The summed E-state index contributed by atoms with van der Waals surface area (Å²) >= 11 is 1.40. The van der Waals surface area contributed by atoms with Crippen LogP contribution in [-0.2, 0) is 20.8 Å². The molecular weight excluding hydrogens is 354 g/mol. The lowest BCUT2D eigenvalue weighted by molar-refractivity contribution is -0.132. The zero-order valence-corrected chi connectivity index (χ0v) is 17.1. The highest BCUT2D eigenvalue weighted by Crippen LogP contribution is 2.15. The van der Waals surface area contributed by atoms with Crippen molar-refractivity contribution in [1.82, 2.24) is 15.2 Å². The van der Waals surface area contributed by atoms with Gasteiger partial charge < -0.3 is 19.7 Å². The van der Waals surface area contributed by atoms with Crippen LogP contribution < -0.4 is 5.32 Å². The molecule has 0 aliphatic heterocycles. The third-order valence-corrected chi connectivity index (χ3v) is 4.47. The molecule has 0 bridgehead atoms. The third-order valence-electron chi connectivity index (χ3n) is 3.63. The molecule has 1 rings (SSSR count). The topological polar surface area (TPSA) is 80.8 Å². The van der Waals surface area contributed by atoms with Gasteiger partial charge in [-0.05, 0) is 18.8 Å². The van der Waals surface area contributed by atoms with E-state index in [1.54, 1.807) is 24.5 Å². The molecule has 0 saturated carbocycles. The summed E-state index contributed by atoms with van der Waals surface area (Å²) in [5, 5.41) is 5.32. The number of carbonyl (C=O) groups excluding carboxylic acids is 2. The Bertz CT molecular complexity index is 548. The summed E-state index contributed by atoms with van der Waals surface area (Å²) in [7, 11) is 3.28. The molecule has 0 aliphatic carbocycles. The molecule has 0 spiro atoms. The van der Waals surface area contributed by atoms with Gasteiger partial charge in [-0.1, -0.05) is 13.8 Å². The first-order chi connectivity index (χ1) is 12.5. The van der Waals surface area contributed by atoms with Crippen molar-refractivity contribution in [3.8, 4) is 0 Å². The maximum atomic E-state index is 12.5. The second-order valence-corrected chi connectivity index (χ2v) is 7.43. The minimum atomic E-state index is -0.192. The van der Waals surface area contributed by atoms with Gasteiger partial charge in [0.05, 0.1) is 6.54 Å². The Morgan fingerprint density at radius 3 is 2.58 bits per heavy atom. The smallest absolute Gasteiger partial charge is 0.270 e. The summed E-state index contributed by atoms with van der Waals surface area (Å²) in [4.78, 5) is 30.8. The molecule has 7 nitrogen and oxygen atoms in total. The number of methoxy groups -OCH3 is 2. The van der Waals surface area contributed by atoms with Crippen LogP contribution in [0.15, 0.2) is 5.38 Å². The maximum absolute atomic E-state index is 12.5. The van der Waals surface area contributed by atoms with Crippen LogP contribution in [0.5, 0.6) is 0 Å². The standard InChI is InChI=1S/C18H31N3O4S/c1-14(2)11-17(22)21(8-6-10-25-4)12-16-20-15(13-26-16)18(23)19-7-5-9-24-3/h13-14H,5-12H2,1-4H3,(H,19,23). The molecule has 1 heterocycles. The van der Waals surface area contributed by atoms with Crippen molar-refractivity contribution < 1.29 is 19.1 Å². The number of nitrogens with one attached hydrogen (secondary N) is 1. The molecule has 0 radical (unpaired) electrons. The van der Waals surface area contributed by atoms with Gasteiger partial charge in [-0.3, -0.25) is 9.59 Å². The Morgan fingerprint density at radius 2 is 1.92 bits per heavy atom. The molecule has 26 heavy (non-hydrogen) atoms. The zero-order chi connectivity index (χ0) is 19.4. The van der Waals surface area contributed by atoms with Crippen LogP contribution in [0.25, 0.3) is 0 Å². The zero-order valence-electron chi connectivity index (χ0n) is 16.2. The second kappa shape index (κ2) is 12.8. The van der Waals surface area contributed by atoms with E-state index in [1.807, 2.05) is 13.8 Å². The average Bonchev–Trinajstić information content (AvgIpc) is 3.06. The monoisotopic (exact) mass is 385 g/mol. The van der Waals surface area contributed by atoms with Crippen LogP contribution in [-0.4, -0.2) is 62.2 Å². The number of ether oxygens (including phenoxy) is 2. The van der Waals surface area contributed by atoms with Gasteiger partial charge in [0.1, 0.15) is 10.7 Å². The van der Waals surface area contributed by atoms with Crippen LogP contribution in [0.2, 0.25) is 0 Å². The van der Waals surface area contributed by atoms with E-state index in [-0.39, 0.29) is 11.8 Å². The molecule has 8 heteroatoms. The van der Waals surface area contributed by atoms with E-state index in [9.17, 15) is 9.59 Å². The SMILES string of the molecule is COCCCNC(=O)c1csc(CN(CCCOC)C(=O)CC(C)C)n1. The van der Waals surface area contributed by atoms with E-state index >= 15 is 0 Å². The first kappa shape index (κ1) is 22.5. The number of amides is 2. The van der Waals surface area contributed by atoms with Crippen LogP contribution in [0.3, 0.4) is 0 Å². The van der Waals surface area contributed by atoms with Crippen molar-refractivity contribution >= 4 is 23.2 Å². The molecule has 0 aromatic carbocycles. The Morgan fingerprint density at radius 1 is 1.23 bits per heavy atom. The molecule has 2 amide bonds. The molecule has 0 atom stereocenters.